The van der Waals surface area contributed by atoms with Gasteiger partial charge in [0, 0.05) is 20.0 Å². The van der Waals surface area contributed by atoms with Gasteiger partial charge in [-0.15, -0.1) is 0 Å². The zero-order chi connectivity index (χ0) is 25.9. The van der Waals surface area contributed by atoms with E-state index in [9.17, 15) is 19.5 Å². The third kappa shape index (κ3) is 5.30. The Bertz CT molecular complexity index is 1190. The molecule has 1 amide bonds. The second-order valence-corrected chi connectivity index (χ2v) is 8.50. The summed E-state index contributed by atoms with van der Waals surface area (Å²) < 4.78 is 16.0. The summed E-state index contributed by atoms with van der Waals surface area (Å²) >= 11 is 0. The minimum Gasteiger partial charge on any atom is -0.507 e. The van der Waals surface area contributed by atoms with Crippen LogP contribution in [0.5, 0.6) is 17.2 Å². The molecule has 2 aromatic rings. The number of esters is 1. The maximum Gasteiger partial charge on any atom is 0.308 e. The average Bonchev–Trinajstić information content (AvgIpc) is 3.06. The van der Waals surface area contributed by atoms with E-state index in [1.807, 2.05) is 32.0 Å². The van der Waals surface area contributed by atoms with Gasteiger partial charge >= 0.3 is 5.97 Å². The Kier molecular flexibility index (Phi) is 7.81. The topological polar surface area (TPSA) is 106 Å². The Labute approximate surface area is 204 Å². The fourth-order valence-corrected chi connectivity index (χ4v) is 4.01. The van der Waals surface area contributed by atoms with E-state index in [1.54, 1.807) is 30.3 Å². The second kappa shape index (κ2) is 10.6. The number of Topliss-reactive ketones (excluding diaryl/α,β-unsaturated/α-hetero) is 1. The number of carbonyl (C=O) groups is 3. The Morgan fingerprint density at radius 1 is 1.03 bits per heavy atom. The molecule has 0 bridgehead atoms. The third-order valence-electron chi connectivity index (χ3n) is 5.70. The van der Waals surface area contributed by atoms with E-state index in [1.165, 1.54) is 26.0 Å². The van der Waals surface area contributed by atoms with Gasteiger partial charge in [-0.25, -0.2) is 0 Å². The summed E-state index contributed by atoms with van der Waals surface area (Å²) in [6.07, 6.45) is 0. The summed E-state index contributed by atoms with van der Waals surface area (Å²) in [6, 6.07) is 9.08. The lowest BCUT2D eigenvalue weighted by molar-refractivity contribution is -0.140. The molecule has 1 aliphatic heterocycles. The first-order valence-electron chi connectivity index (χ1n) is 11.0. The molecule has 1 saturated heterocycles. The van der Waals surface area contributed by atoms with Crippen LogP contribution >= 0.6 is 0 Å². The van der Waals surface area contributed by atoms with Crippen LogP contribution in [0.25, 0.3) is 5.76 Å². The molecule has 35 heavy (non-hydrogen) atoms. The van der Waals surface area contributed by atoms with Gasteiger partial charge < -0.3 is 29.1 Å². The quantitative estimate of drug-likeness (QED) is 0.201. The summed E-state index contributed by atoms with van der Waals surface area (Å²) in [6.45, 7) is 3.83. The summed E-state index contributed by atoms with van der Waals surface area (Å²) in [5.41, 5.74) is 1.55. The molecule has 1 heterocycles. The Morgan fingerprint density at radius 3 is 2.29 bits per heavy atom. The van der Waals surface area contributed by atoms with Crippen LogP contribution in [0.3, 0.4) is 0 Å². The number of likely N-dealkylation sites (tertiary alicyclic amines) is 1. The molecule has 1 N–H and O–H groups in total. The molecule has 1 atom stereocenters. The highest BCUT2D eigenvalue weighted by atomic mass is 16.6. The summed E-state index contributed by atoms with van der Waals surface area (Å²) in [4.78, 5) is 41.3. The van der Waals surface area contributed by atoms with Crippen LogP contribution in [-0.4, -0.2) is 74.0 Å². The van der Waals surface area contributed by atoms with Gasteiger partial charge in [-0.3, -0.25) is 14.4 Å². The van der Waals surface area contributed by atoms with Crippen molar-refractivity contribution < 1.29 is 33.7 Å². The van der Waals surface area contributed by atoms with Crippen LogP contribution in [0.15, 0.2) is 42.0 Å². The van der Waals surface area contributed by atoms with Crippen molar-refractivity contribution in [1.29, 1.82) is 0 Å². The number of aryl methyl sites for hydroxylation is 1. The average molecular weight is 483 g/mol. The molecule has 1 fully saturated rings. The Balaban J connectivity index is 2.26. The zero-order valence-corrected chi connectivity index (χ0v) is 20.7. The van der Waals surface area contributed by atoms with Crippen molar-refractivity contribution in [3.63, 3.8) is 0 Å². The number of amides is 1. The molecule has 2 aromatic carbocycles. The van der Waals surface area contributed by atoms with E-state index < -0.39 is 23.7 Å². The van der Waals surface area contributed by atoms with Crippen molar-refractivity contribution in [3.8, 4) is 17.2 Å². The maximum atomic E-state index is 13.3. The molecular weight excluding hydrogens is 452 g/mol. The summed E-state index contributed by atoms with van der Waals surface area (Å²) in [7, 11) is 6.61. The minimum absolute atomic E-state index is 0.0726. The number of benzene rings is 2. The molecule has 0 saturated carbocycles. The van der Waals surface area contributed by atoms with Crippen molar-refractivity contribution in [1.82, 2.24) is 9.80 Å². The number of rotatable bonds is 8. The van der Waals surface area contributed by atoms with E-state index in [0.29, 0.717) is 29.2 Å². The van der Waals surface area contributed by atoms with E-state index in [0.717, 1.165) is 5.56 Å². The lowest BCUT2D eigenvalue weighted by Gasteiger charge is -2.27. The first kappa shape index (κ1) is 25.8. The molecule has 0 spiro atoms. The van der Waals surface area contributed by atoms with Gasteiger partial charge in [-0.2, -0.15) is 0 Å². The normalized spacial score (nSPS) is 17.1. The number of aliphatic hydroxyl groups is 1. The summed E-state index contributed by atoms with van der Waals surface area (Å²) in [5, 5.41) is 11.4. The van der Waals surface area contributed by atoms with Gasteiger partial charge in [0.25, 0.3) is 11.7 Å². The summed E-state index contributed by atoms with van der Waals surface area (Å²) in [5.74, 6) is -1.60. The largest absolute Gasteiger partial charge is 0.507 e. The van der Waals surface area contributed by atoms with Gasteiger partial charge in [-0.05, 0) is 50.8 Å². The highest BCUT2D eigenvalue weighted by molar-refractivity contribution is 6.46. The number of hydrogen-bond acceptors (Lipinski definition) is 8. The highest BCUT2D eigenvalue weighted by Gasteiger charge is 2.46. The van der Waals surface area contributed by atoms with Crippen molar-refractivity contribution in [3.05, 3.63) is 58.7 Å². The van der Waals surface area contributed by atoms with Crippen LogP contribution in [0.2, 0.25) is 0 Å². The first-order valence-corrected chi connectivity index (χ1v) is 11.0. The third-order valence-corrected chi connectivity index (χ3v) is 5.70. The van der Waals surface area contributed by atoms with Crippen LogP contribution in [-0.2, 0) is 14.4 Å². The number of aliphatic hydroxyl groups excluding tert-OH is 1. The standard InChI is InChI=1S/C26H30N2O7/c1-15-7-9-19(33-5)18(13-15)24(30)22-23(28(12-11-27(3)4)26(32)25(22)31)17-8-10-20(34-6)21(14-17)35-16(2)29/h7-10,13-14,23,30H,11-12H2,1-6H3/b24-22+. The molecule has 1 unspecified atom stereocenters. The number of likely N-dealkylation sites (N-methyl/N-ethyl adjacent to an activating group) is 1. The van der Waals surface area contributed by atoms with E-state index in [2.05, 4.69) is 0 Å². The fourth-order valence-electron chi connectivity index (χ4n) is 4.01. The van der Waals surface area contributed by atoms with Crippen molar-refractivity contribution in [2.75, 3.05) is 41.4 Å². The SMILES string of the molecule is COc1ccc(C2/C(=C(\O)c3cc(C)ccc3OC)C(=O)C(=O)N2CCN(C)C)cc1OC(C)=O. The van der Waals surface area contributed by atoms with E-state index in [4.69, 9.17) is 14.2 Å². The van der Waals surface area contributed by atoms with Crippen LogP contribution < -0.4 is 14.2 Å². The van der Waals surface area contributed by atoms with Crippen molar-refractivity contribution >= 4 is 23.4 Å². The molecule has 0 aromatic heterocycles. The number of carbonyl (C=O) groups excluding carboxylic acids is 3. The van der Waals surface area contributed by atoms with Crippen molar-refractivity contribution in [2.45, 2.75) is 19.9 Å². The lowest BCUT2D eigenvalue weighted by atomic mass is 9.94. The lowest BCUT2D eigenvalue weighted by Crippen LogP contribution is -2.35. The molecule has 9 heteroatoms. The van der Waals surface area contributed by atoms with E-state index in [-0.39, 0.29) is 23.6 Å². The number of nitrogens with zero attached hydrogens (tertiary/aromatic N) is 2. The number of methoxy groups -OCH3 is 2. The zero-order valence-electron chi connectivity index (χ0n) is 20.7. The number of ether oxygens (including phenoxy) is 3. The molecule has 0 radical (unpaired) electrons. The molecule has 1 aliphatic rings. The maximum absolute atomic E-state index is 13.3. The van der Waals surface area contributed by atoms with Gasteiger partial charge in [-0.1, -0.05) is 17.7 Å². The first-order chi connectivity index (χ1) is 16.6. The van der Waals surface area contributed by atoms with Crippen LogP contribution in [0.4, 0.5) is 0 Å². The van der Waals surface area contributed by atoms with Gasteiger partial charge in [0.1, 0.15) is 11.5 Å². The molecular formula is C26H30N2O7. The Morgan fingerprint density at radius 2 is 1.69 bits per heavy atom. The highest BCUT2D eigenvalue weighted by Crippen LogP contribution is 2.43. The smallest absolute Gasteiger partial charge is 0.308 e. The number of ketones is 1. The van der Waals surface area contributed by atoms with Gasteiger partial charge in [0.15, 0.2) is 11.5 Å². The molecule has 0 aliphatic carbocycles. The molecule has 9 nitrogen and oxygen atoms in total. The molecule has 3 rings (SSSR count). The fraction of sp³-hybridized carbons (Fsp3) is 0.346. The molecule has 186 valence electrons. The van der Waals surface area contributed by atoms with Crippen LogP contribution in [0, 0.1) is 6.92 Å². The second-order valence-electron chi connectivity index (χ2n) is 8.50. The minimum atomic E-state index is -0.916. The van der Waals surface area contributed by atoms with Crippen LogP contribution in [0.1, 0.15) is 29.7 Å². The van der Waals surface area contributed by atoms with Gasteiger partial charge in [0.05, 0.1) is 31.4 Å². The predicted molar refractivity (Wildman–Crippen MR) is 130 cm³/mol. The van der Waals surface area contributed by atoms with Crippen molar-refractivity contribution in [2.24, 2.45) is 0 Å². The number of hydrogen-bond donors (Lipinski definition) is 1. The van der Waals surface area contributed by atoms with Gasteiger partial charge in [0.2, 0.25) is 0 Å². The monoisotopic (exact) mass is 482 g/mol. The predicted octanol–water partition coefficient (Wildman–Crippen LogP) is 2.92. The van der Waals surface area contributed by atoms with E-state index >= 15 is 0 Å². The Hall–Kier alpha value is -3.85.